The lowest BCUT2D eigenvalue weighted by Gasteiger charge is -2.48. The van der Waals surface area contributed by atoms with Gasteiger partial charge in [0.05, 0.1) is 17.4 Å². The molecule has 2 aliphatic heterocycles. The molecular weight excluding hydrogens is 282 g/mol. The van der Waals surface area contributed by atoms with Crippen molar-refractivity contribution in [3.63, 3.8) is 0 Å². The molecule has 0 fully saturated rings. The smallest absolute Gasteiger partial charge is 0.127 e. The number of hydrogen-bond donors (Lipinski definition) is 0. The summed E-state index contributed by atoms with van der Waals surface area (Å²) in [6.45, 7) is 6.77. The Kier molecular flexibility index (Phi) is 3.09. The van der Waals surface area contributed by atoms with Gasteiger partial charge in [0, 0.05) is 31.4 Å². The summed E-state index contributed by atoms with van der Waals surface area (Å²) in [6.07, 6.45) is 0.340. The third kappa shape index (κ3) is 1.89. The van der Waals surface area contributed by atoms with Gasteiger partial charge < -0.3 is 14.7 Å². The lowest BCUT2D eigenvalue weighted by Crippen LogP contribution is -2.55. The van der Waals surface area contributed by atoms with Crippen LogP contribution in [0.2, 0.25) is 0 Å². The van der Waals surface area contributed by atoms with Crippen molar-refractivity contribution in [3.8, 4) is 0 Å². The van der Waals surface area contributed by atoms with Crippen LogP contribution < -0.4 is 14.7 Å². The molecule has 2 aromatic rings. The van der Waals surface area contributed by atoms with E-state index < -0.39 is 0 Å². The highest BCUT2D eigenvalue weighted by molar-refractivity contribution is 5.79. The van der Waals surface area contributed by atoms with E-state index in [-0.39, 0.29) is 0 Å². The summed E-state index contributed by atoms with van der Waals surface area (Å²) in [5.74, 6) is 0. The minimum atomic E-state index is 0.340. The van der Waals surface area contributed by atoms with Crippen molar-refractivity contribution in [2.24, 2.45) is 0 Å². The van der Waals surface area contributed by atoms with E-state index in [1.165, 1.54) is 28.2 Å². The topological polar surface area (TPSA) is 9.72 Å². The first-order chi connectivity index (χ1) is 11.0. The molecule has 0 bridgehead atoms. The summed E-state index contributed by atoms with van der Waals surface area (Å²) in [5.41, 5.74) is 6.79. The van der Waals surface area contributed by atoms with Crippen molar-refractivity contribution in [2.45, 2.75) is 39.0 Å². The van der Waals surface area contributed by atoms with E-state index in [9.17, 15) is 0 Å². The van der Waals surface area contributed by atoms with E-state index in [1.807, 2.05) is 0 Å². The summed E-state index contributed by atoms with van der Waals surface area (Å²) in [7, 11) is 4.47. The number of anilines is 3. The zero-order valence-electron chi connectivity index (χ0n) is 14.6. The van der Waals surface area contributed by atoms with Gasteiger partial charge in [-0.25, -0.2) is 0 Å². The molecule has 2 heterocycles. The number of likely N-dealkylation sites (N-methyl/N-ethyl adjacent to an activating group) is 2. The zero-order valence-corrected chi connectivity index (χ0v) is 14.6. The summed E-state index contributed by atoms with van der Waals surface area (Å²) >= 11 is 0. The Morgan fingerprint density at radius 1 is 0.870 bits per heavy atom. The van der Waals surface area contributed by atoms with Crippen LogP contribution in [-0.2, 0) is 0 Å². The first-order valence-electron chi connectivity index (χ1n) is 8.44. The third-order valence-electron chi connectivity index (χ3n) is 5.36. The highest BCUT2D eigenvalue weighted by Gasteiger charge is 2.47. The Hall–Kier alpha value is -2.16. The van der Waals surface area contributed by atoms with Gasteiger partial charge in [0.1, 0.15) is 6.17 Å². The number of aryl methyl sites for hydroxylation is 1. The molecule has 0 saturated carbocycles. The molecule has 2 unspecified atom stereocenters. The van der Waals surface area contributed by atoms with E-state index in [0.717, 1.165) is 0 Å². The molecular formula is C20H25N3. The van der Waals surface area contributed by atoms with Crippen molar-refractivity contribution >= 4 is 17.1 Å². The first kappa shape index (κ1) is 14.4. The van der Waals surface area contributed by atoms with Gasteiger partial charge in [0.25, 0.3) is 0 Å². The number of nitrogens with zero attached hydrogens (tertiary/aromatic N) is 3. The van der Waals surface area contributed by atoms with Crippen LogP contribution in [0, 0.1) is 6.92 Å². The van der Waals surface area contributed by atoms with Crippen LogP contribution in [-0.4, -0.2) is 26.3 Å². The number of fused-ring (bicyclic) bond motifs is 4. The molecule has 0 amide bonds. The highest BCUT2D eigenvalue weighted by Crippen LogP contribution is 2.51. The maximum atomic E-state index is 2.58. The summed E-state index contributed by atoms with van der Waals surface area (Å²) in [4.78, 5) is 7.49. The molecule has 0 aliphatic carbocycles. The largest absolute Gasteiger partial charge is 0.362 e. The predicted molar refractivity (Wildman–Crippen MR) is 98.6 cm³/mol. The van der Waals surface area contributed by atoms with Crippen molar-refractivity contribution in [2.75, 3.05) is 28.8 Å². The Labute approximate surface area is 139 Å². The Balaban J connectivity index is 1.94. The average Bonchev–Trinajstić information content (AvgIpc) is 2.87. The van der Waals surface area contributed by atoms with Crippen LogP contribution in [0.15, 0.2) is 42.5 Å². The molecule has 3 heteroatoms. The summed E-state index contributed by atoms with van der Waals surface area (Å²) in [5, 5.41) is 0. The lowest BCUT2D eigenvalue weighted by molar-refractivity contribution is 0.469. The Morgan fingerprint density at radius 2 is 1.52 bits per heavy atom. The fraction of sp³-hybridized carbons (Fsp3) is 0.400. The molecule has 4 rings (SSSR count). The van der Waals surface area contributed by atoms with Crippen LogP contribution in [0.5, 0.6) is 0 Å². The molecule has 2 atom stereocenters. The van der Waals surface area contributed by atoms with Crippen molar-refractivity contribution in [3.05, 3.63) is 53.6 Å². The second-order valence-electron chi connectivity index (χ2n) is 7.13. The van der Waals surface area contributed by atoms with E-state index in [1.54, 1.807) is 0 Å². The molecule has 23 heavy (non-hydrogen) atoms. The minimum absolute atomic E-state index is 0.340. The Morgan fingerprint density at radius 3 is 2.17 bits per heavy atom. The predicted octanol–water partition coefficient (Wildman–Crippen LogP) is 4.18. The maximum Gasteiger partial charge on any atom is 0.127 e. The van der Waals surface area contributed by atoms with Gasteiger partial charge in [0.2, 0.25) is 0 Å². The lowest BCUT2D eigenvalue weighted by atomic mass is 9.99. The minimum Gasteiger partial charge on any atom is -0.362 e. The second kappa shape index (κ2) is 4.92. The molecule has 0 radical (unpaired) electrons. The number of hydrogen-bond acceptors (Lipinski definition) is 3. The van der Waals surface area contributed by atoms with Gasteiger partial charge in [-0.2, -0.15) is 0 Å². The molecule has 0 aromatic heterocycles. The van der Waals surface area contributed by atoms with E-state index >= 15 is 0 Å². The molecule has 3 nitrogen and oxygen atoms in total. The molecule has 120 valence electrons. The zero-order chi connectivity index (χ0) is 16.3. The number of para-hydroxylation sites is 2. The Bertz CT molecular complexity index is 752. The van der Waals surface area contributed by atoms with Crippen LogP contribution in [0.3, 0.4) is 0 Å². The number of benzene rings is 2. The second-order valence-corrected chi connectivity index (χ2v) is 7.13. The summed E-state index contributed by atoms with van der Waals surface area (Å²) < 4.78 is 0. The molecule has 2 aromatic carbocycles. The van der Waals surface area contributed by atoms with E-state index in [2.05, 4.69) is 92.0 Å². The number of rotatable bonds is 1. The third-order valence-corrected chi connectivity index (χ3v) is 5.36. The molecule has 2 aliphatic rings. The van der Waals surface area contributed by atoms with Crippen LogP contribution in [0.25, 0.3) is 0 Å². The average molecular weight is 307 g/mol. The first-order valence-corrected chi connectivity index (χ1v) is 8.44. The SMILES string of the molecule is Cc1ccc2c(c1)C1C(N(C)c3ccccc3N1C)N2C(C)C. The van der Waals surface area contributed by atoms with Gasteiger partial charge in [0.15, 0.2) is 0 Å². The van der Waals surface area contributed by atoms with Gasteiger partial charge >= 0.3 is 0 Å². The van der Waals surface area contributed by atoms with Gasteiger partial charge in [-0.15, -0.1) is 0 Å². The normalized spacial score (nSPS) is 22.3. The van der Waals surface area contributed by atoms with E-state index in [4.69, 9.17) is 0 Å². The van der Waals surface area contributed by atoms with Crippen LogP contribution >= 0.6 is 0 Å². The van der Waals surface area contributed by atoms with Crippen LogP contribution in [0.4, 0.5) is 17.1 Å². The molecule has 0 N–H and O–H groups in total. The fourth-order valence-electron chi connectivity index (χ4n) is 4.34. The van der Waals surface area contributed by atoms with Crippen molar-refractivity contribution < 1.29 is 0 Å². The highest BCUT2D eigenvalue weighted by atomic mass is 15.4. The van der Waals surface area contributed by atoms with Gasteiger partial charge in [-0.05, 0) is 39.0 Å². The monoisotopic (exact) mass is 307 g/mol. The standard InChI is InChI=1S/C20H25N3/c1-13(2)23-16-11-10-14(3)12-15(16)19-20(23)22(5)18-9-7-6-8-17(18)21(19)4/h6-13,19-20H,1-5H3. The maximum absolute atomic E-state index is 2.58. The van der Waals surface area contributed by atoms with Gasteiger partial charge in [-0.3, -0.25) is 0 Å². The van der Waals surface area contributed by atoms with E-state index in [0.29, 0.717) is 18.2 Å². The fourth-order valence-corrected chi connectivity index (χ4v) is 4.34. The molecule has 0 saturated heterocycles. The summed E-state index contributed by atoms with van der Waals surface area (Å²) in [6, 6.07) is 16.5. The quantitative estimate of drug-likeness (QED) is 0.782. The van der Waals surface area contributed by atoms with Crippen molar-refractivity contribution in [1.29, 1.82) is 0 Å². The molecule has 0 spiro atoms. The van der Waals surface area contributed by atoms with Crippen LogP contribution in [0.1, 0.15) is 31.0 Å². The van der Waals surface area contributed by atoms with Crippen molar-refractivity contribution in [1.82, 2.24) is 0 Å². The van der Waals surface area contributed by atoms with Gasteiger partial charge in [-0.1, -0.05) is 29.8 Å².